The van der Waals surface area contributed by atoms with E-state index in [4.69, 9.17) is 0 Å². The number of ether oxygens (including phenoxy) is 1. The first-order valence-electron chi connectivity index (χ1n) is 4.85. The van der Waals surface area contributed by atoms with E-state index in [-0.39, 0.29) is 0 Å². The van der Waals surface area contributed by atoms with Crippen molar-refractivity contribution in [2.45, 2.75) is 19.0 Å². The minimum Gasteiger partial charge on any atom is -0.375 e. The third-order valence-electron chi connectivity index (χ3n) is 2.94. The smallest absolute Gasteiger partial charge is 0.375 e. The number of hydrogen-bond donors (Lipinski definition) is 0. The highest BCUT2D eigenvalue weighted by Crippen LogP contribution is 2.27. The quantitative estimate of drug-likeness (QED) is 0.468. The van der Waals surface area contributed by atoms with Crippen LogP contribution in [0.15, 0.2) is 24.3 Å². The second-order valence-electron chi connectivity index (χ2n) is 3.80. The molecule has 1 fully saturated rings. The van der Waals surface area contributed by atoms with Crippen LogP contribution < -0.4 is 0 Å². The molecule has 0 spiro atoms. The SMILES string of the molecule is O=C1OC(=O)N2Cc3ccccc3C[C@@H]12. The van der Waals surface area contributed by atoms with E-state index in [1.807, 2.05) is 24.3 Å². The second kappa shape index (κ2) is 2.82. The molecule has 1 aromatic carbocycles. The van der Waals surface area contributed by atoms with Gasteiger partial charge in [0.1, 0.15) is 6.04 Å². The van der Waals surface area contributed by atoms with Gasteiger partial charge >= 0.3 is 12.1 Å². The number of nitrogens with zero attached hydrogens (tertiary/aromatic N) is 1. The number of benzene rings is 1. The zero-order valence-corrected chi connectivity index (χ0v) is 7.97. The Kier molecular flexibility index (Phi) is 1.59. The average molecular weight is 203 g/mol. The highest BCUT2D eigenvalue weighted by molar-refractivity contribution is 5.96. The molecule has 2 aliphatic rings. The lowest BCUT2D eigenvalue weighted by molar-refractivity contribution is -0.135. The minimum absolute atomic E-state index is 0.410. The second-order valence-corrected chi connectivity index (χ2v) is 3.80. The Balaban J connectivity index is 2.03. The number of hydrogen-bond acceptors (Lipinski definition) is 3. The summed E-state index contributed by atoms with van der Waals surface area (Å²) in [6.07, 6.45) is 0.0558. The molecule has 15 heavy (non-hydrogen) atoms. The van der Waals surface area contributed by atoms with Crippen molar-refractivity contribution in [2.24, 2.45) is 0 Å². The number of cyclic esters (lactones) is 2. The molecule has 76 valence electrons. The molecule has 0 aromatic heterocycles. The number of rotatable bonds is 0. The Labute approximate surface area is 86.4 Å². The summed E-state index contributed by atoms with van der Waals surface area (Å²) in [5.41, 5.74) is 2.23. The fraction of sp³-hybridized carbons (Fsp3) is 0.273. The maximum atomic E-state index is 11.3. The van der Waals surface area contributed by atoms with Gasteiger partial charge in [-0.25, -0.2) is 9.59 Å². The van der Waals surface area contributed by atoms with E-state index in [0.717, 1.165) is 11.1 Å². The number of esters is 1. The first kappa shape index (κ1) is 8.47. The van der Waals surface area contributed by atoms with E-state index in [9.17, 15) is 9.59 Å². The lowest BCUT2D eigenvalue weighted by Gasteiger charge is -2.27. The van der Waals surface area contributed by atoms with E-state index >= 15 is 0 Å². The van der Waals surface area contributed by atoms with E-state index in [1.54, 1.807) is 0 Å². The first-order chi connectivity index (χ1) is 7.25. The van der Waals surface area contributed by atoms with Gasteiger partial charge in [0.05, 0.1) is 6.54 Å². The molecule has 4 heteroatoms. The third-order valence-corrected chi connectivity index (χ3v) is 2.94. The van der Waals surface area contributed by atoms with Gasteiger partial charge in [-0.3, -0.25) is 4.90 Å². The van der Waals surface area contributed by atoms with E-state index in [1.165, 1.54) is 4.90 Å². The molecule has 2 aliphatic heterocycles. The van der Waals surface area contributed by atoms with Gasteiger partial charge in [0, 0.05) is 6.42 Å². The molecule has 0 bridgehead atoms. The molecular formula is C11H9NO3. The molecule has 1 saturated heterocycles. The Morgan fingerprint density at radius 3 is 2.73 bits per heavy atom. The number of amides is 1. The van der Waals surface area contributed by atoms with Gasteiger partial charge in [0.15, 0.2) is 0 Å². The van der Waals surface area contributed by atoms with Crippen LogP contribution in [0.3, 0.4) is 0 Å². The molecule has 0 saturated carbocycles. The normalized spacial score (nSPS) is 23.5. The lowest BCUT2D eigenvalue weighted by Crippen LogP contribution is -2.39. The Bertz CT molecular complexity index is 414. The minimum atomic E-state index is -0.514. The summed E-state index contributed by atoms with van der Waals surface area (Å²) in [5.74, 6) is -0.422. The molecule has 1 amide bonds. The highest BCUT2D eigenvalue weighted by atomic mass is 16.6. The van der Waals surface area contributed by atoms with E-state index in [0.29, 0.717) is 13.0 Å². The molecule has 4 nitrogen and oxygen atoms in total. The fourth-order valence-corrected chi connectivity index (χ4v) is 2.14. The Morgan fingerprint density at radius 2 is 1.93 bits per heavy atom. The summed E-state index contributed by atoms with van der Waals surface area (Å²) in [5, 5.41) is 0. The summed E-state index contributed by atoms with van der Waals surface area (Å²) in [6.45, 7) is 0.478. The van der Waals surface area contributed by atoms with Crippen molar-refractivity contribution in [3.05, 3.63) is 35.4 Å². The summed E-state index contributed by atoms with van der Waals surface area (Å²) >= 11 is 0. The van der Waals surface area contributed by atoms with Crippen LogP contribution in [0, 0.1) is 0 Å². The van der Waals surface area contributed by atoms with Crippen molar-refractivity contribution < 1.29 is 14.3 Å². The van der Waals surface area contributed by atoms with E-state index < -0.39 is 18.1 Å². The molecule has 0 N–H and O–H groups in total. The van der Waals surface area contributed by atoms with Gasteiger partial charge in [0.25, 0.3) is 0 Å². The maximum Gasteiger partial charge on any atom is 0.418 e. The third kappa shape index (κ3) is 1.14. The highest BCUT2D eigenvalue weighted by Gasteiger charge is 2.43. The predicted molar refractivity (Wildman–Crippen MR) is 51.0 cm³/mol. The predicted octanol–water partition coefficient (Wildman–Crippen LogP) is 1.09. The van der Waals surface area contributed by atoms with E-state index in [2.05, 4.69) is 4.74 Å². The van der Waals surface area contributed by atoms with Gasteiger partial charge in [-0.05, 0) is 11.1 Å². The topological polar surface area (TPSA) is 46.6 Å². The molecular weight excluding hydrogens is 194 g/mol. The zero-order valence-electron chi connectivity index (χ0n) is 7.97. The fourth-order valence-electron chi connectivity index (χ4n) is 2.14. The number of carbonyl (C=O) groups is 2. The van der Waals surface area contributed by atoms with Gasteiger partial charge in [-0.15, -0.1) is 0 Å². The molecule has 1 atom stereocenters. The van der Waals surface area contributed by atoms with Crippen LogP contribution in [0.4, 0.5) is 4.79 Å². The molecule has 3 rings (SSSR count). The molecule has 1 aromatic rings. The van der Waals surface area contributed by atoms with Gasteiger partial charge in [-0.1, -0.05) is 24.3 Å². The molecule has 2 heterocycles. The van der Waals surface area contributed by atoms with Crippen molar-refractivity contribution in [3.63, 3.8) is 0 Å². The maximum absolute atomic E-state index is 11.3. The van der Waals surface area contributed by atoms with Crippen LogP contribution in [0.2, 0.25) is 0 Å². The van der Waals surface area contributed by atoms with Crippen molar-refractivity contribution in [1.82, 2.24) is 4.90 Å². The summed E-state index contributed by atoms with van der Waals surface area (Å²) in [6, 6.07) is 7.43. The molecule has 0 radical (unpaired) electrons. The summed E-state index contributed by atoms with van der Waals surface area (Å²) in [7, 11) is 0. The molecule has 0 unspecified atom stereocenters. The van der Waals surface area contributed by atoms with Crippen molar-refractivity contribution in [3.8, 4) is 0 Å². The van der Waals surface area contributed by atoms with Gasteiger partial charge in [0.2, 0.25) is 0 Å². The number of carbonyl (C=O) groups excluding carboxylic acids is 2. The average Bonchev–Trinajstić information content (AvgIpc) is 2.52. The zero-order chi connectivity index (χ0) is 10.4. The van der Waals surface area contributed by atoms with Crippen molar-refractivity contribution in [2.75, 3.05) is 0 Å². The van der Waals surface area contributed by atoms with Crippen LogP contribution in [-0.2, 0) is 22.5 Å². The van der Waals surface area contributed by atoms with Crippen LogP contribution >= 0.6 is 0 Å². The van der Waals surface area contributed by atoms with Crippen LogP contribution in [0.5, 0.6) is 0 Å². The Morgan fingerprint density at radius 1 is 1.20 bits per heavy atom. The summed E-state index contributed by atoms with van der Waals surface area (Å²) in [4.78, 5) is 24.1. The van der Waals surface area contributed by atoms with Crippen LogP contribution in [-0.4, -0.2) is 23.0 Å². The largest absolute Gasteiger partial charge is 0.418 e. The Hall–Kier alpha value is -1.84. The molecule has 0 aliphatic carbocycles. The van der Waals surface area contributed by atoms with Crippen LogP contribution in [0.1, 0.15) is 11.1 Å². The standard InChI is InChI=1S/C11H9NO3/c13-10-9-5-7-3-1-2-4-8(7)6-12(9)11(14)15-10/h1-4,9H,5-6H2/t9-/m0/s1. The lowest BCUT2D eigenvalue weighted by atomic mass is 9.95. The van der Waals surface area contributed by atoms with Crippen LogP contribution in [0.25, 0.3) is 0 Å². The number of fused-ring (bicyclic) bond motifs is 2. The first-order valence-corrected chi connectivity index (χ1v) is 4.85. The van der Waals surface area contributed by atoms with Crippen molar-refractivity contribution in [1.29, 1.82) is 0 Å². The van der Waals surface area contributed by atoms with Crippen molar-refractivity contribution >= 4 is 12.1 Å². The van der Waals surface area contributed by atoms with Gasteiger partial charge in [-0.2, -0.15) is 0 Å². The monoisotopic (exact) mass is 203 g/mol. The summed E-state index contributed by atoms with van der Waals surface area (Å²) < 4.78 is 4.59. The van der Waals surface area contributed by atoms with Gasteiger partial charge < -0.3 is 4.74 Å².